The third kappa shape index (κ3) is 4.64. The largest absolute Gasteiger partial charge is 0.433 e. The third-order valence-electron chi connectivity index (χ3n) is 4.72. The normalized spacial score (nSPS) is 11.9. The Balaban J connectivity index is 1.63. The Hall–Kier alpha value is -2.82. The molecule has 1 aromatic carbocycles. The number of aromatic nitrogens is 5. The summed E-state index contributed by atoms with van der Waals surface area (Å²) in [5, 5.41) is 11.2. The quantitative estimate of drug-likeness (QED) is 0.370. The number of alkyl halides is 3. The number of rotatable bonds is 4. The molecule has 33 heavy (non-hydrogen) atoms. The molecule has 0 fully saturated rings. The number of aryl methyl sites for hydroxylation is 2. The number of halogens is 6. The molecule has 0 radical (unpaired) electrons. The fourth-order valence-corrected chi connectivity index (χ4v) is 3.89. The van der Waals surface area contributed by atoms with Crippen molar-refractivity contribution in [2.24, 2.45) is 0 Å². The molecule has 0 saturated carbocycles. The standard InChI is InChI=1S/C20H14Cl3F3N6O/c1-9-5-14(20(24,25)26)32-18(27-9)16(23)17(30-32)19(33)28-15-6-10(2)31(29-15)8-11-3-4-12(21)7-13(11)22/h3-7H,8H2,1-2H3,(H,28,29,33). The number of anilines is 1. The van der Waals surface area contributed by atoms with Crippen molar-refractivity contribution >= 4 is 52.2 Å². The monoisotopic (exact) mass is 516 g/mol. The number of carbonyl (C=O) groups is 1. The van der Waals surface area contributed by atoms with E-state index in [2.05, 4.69) is 20.5 Å². The number of hydrogen-bond donors (Lipinski definition) is 1. The van der Waals surface area contributed by atoms with E-state index in [1.807, 2.05) is 0 Å². The number of amides is 1. The molecule has 0 atom stereocenters. The zero-order valence-electron chi connectivity index (χ0n) is 17.0. The van der Waals surface area contributed by atoms with Crippen LogP contribution in [0.4, 0.5) is 19.0 Å². The molecule has 13 heteroatoms. The summed E-state index contributed by atoms with van der Waals surface area (Å²) in [5.74, 6) is -0.665. The van der Waals surface area contributed by atoms with Gasteiger partial charge in [0.15, 0.2) is 17.2 Å². The van der Waals surface area contributed by atoms with Gasteiger partial charge in [-0.25, -0.2) is 9.50 Å². The van der Waals surface area contributed by atoms with Crippen LogP contribution in [0, 0.1) is 13.8 Å². The number of carbonyl (C=O) groups excluding carboxylic acids is 1. The van der Waals surface area contributed by atoms with E-state index in [0.717, 1.165) is 11.6 Å². The summed E-state index contributed by atoms with van der Waals surface area (Å²) >= 11 is 18.3. The highest BCUT2D eigenvalue weighted by atomic mass is 35.5. The fourth-order valence-electron chi connectivity index (χ4n) is 3.18. The molecule has 0 aliphatic rings. The lowest BCUT2D eigenvalue weighted by atomic mass is 10.2. The molecule has 3 heterocycles. The maximum Gasteiger partial charge on any atom is 0.433 e. The van der Waals surface area contributed by atoms with Crippen molar-refractivity contribution in [2.45, 2.75) is 26.6 Å². The zero-order chi connectivity index (χ0) is 24.1. The van der Waals surface area contributed by atoms with E-state index in [1.54, 1.807) is 35.9 Å². The third-order valence-corrected chi connectivity index (χ3v) is 5.66. The van der Waals surface area contributed by atoms with Gasteiger partial charge in [0, 0.05) is 27.5 Å². The molecular formula is C20H14Cl3F3N6O. The summed E-state index contributed by atoms with van der Waals surface area (Å²) in [6, 6.07) is 7.48. The molecule has 1 N–H and O–H groups in total. The summed E-state index contributed by atoms with van der Waals surface area (Å²) in [5.41, 5.74) is -0.227. The van der Waals surface area contributed by atoms with E-state index < -0.39 is 23.5 Å². The highest BCUT2D eigenvalue weighted by Crippen LogP contribution is 2.32. The van der Waals surface area contributed by atoms with Crippen LogP contribution in [0.1, 0.15) is 33.1 Å². The Bertz CT molecular complexity index is 1400. The first-order chi connectivity index (χ1) is 15.4. The van der Waals surface area contributed by atoms with Gasteiger partial charge < -0.3 is 5.32 Å². The van der Waals surface area contributed by atoms with Gasteiger partial charge in [-0.3, -0.25) is 9.48 Å². The topological polar surface area (TPSA) is 77.1 Å². The van der Waals surface area contributed by atoms with Crippen molar-refractivity contribution in [3.8, 4) is 0 Å². The lowest BCUT2D eigenvalue weighted by Crippen LogP contribution is -2.16. The van der Waals surface area contributed by atoms with Crippen LogP contribution in [-0.2, 0) is 12.7 Å². The Labute approximate surface area is 200 Å². The first kappa shape index (κ1) is 23.3. The predicted molar refractivity (Wildman–Crippen MR) is 118 cm³/mol. The van der Waals surface area contributed by atoms with E-state index in [0.29, 0.717) is 26.8 Å². The first-order valence-electron chi connectivity index (χ1n) is 9.37. The van der Waals surface area contributed by atoms with Gasteiger partial charge in [-0.2, -0.15) is 23.4 Å². The van der Waals surface area contributed by atoms with Gasteiger partial charge in [0.1, 0.15) is 10.7 Å². The SMILES string of the molecule is Cc1cc(C(F)(F)F)n2nc(C(=O)Nc3cc(C)n(Cc4ccc(Cl)cc4Cl)n3)c(Cl)c2n1. The Morgan fingerprint density at radius 3 is 2.48 bits per heavy atom. The molecule has 0 bridgehead atoms. The Morgan fingerprint density at radius 1 is 1.09 bits per heavy atom. The van der Waals surface area contributed by atoms with E-state index in [4.69, 9.17) is 34.8 Å². The summed E-state index contributed by atoms with van der Waals surface area (Å²) in [7, 11) is 0. The zero-order valence-corrected chi connectivity index (χ0v) is 19.3. The van der Waals surface area contributed by atoms with Gasteiger partial charge in [0.25, 0.3) is 5.91 Å². The van der Waals surface area contributed by atoms with Crippen LogP contribution in [0.25, 0.3) is 5.65 Å². The van der Waals surface area contributed by atoms with Crippen molar-refractivity contribution in [3.05, 3.63) is 73.7 Å². The number of fused-ring (bicyclic) bond motifs is 1. The van der Waals surface area contributed by atoms with E-state index >= 15 is 0 Å². The summed E-state index contributed by atoms with van der Waals surface area (Å²) in [6.45, 7) is 3.47. The second kappa shape index (κ2) is 8.51. The lowest BCUT2D eigenvalue weighted by Gasteiger charge is -2.09. The molecule has 1 amide bonds. The molecule has 7 nitrogen and oxygen atoms in total. The minimum atomic E-state index is -4.71. The van der Waals surface area contributed by atoms with Crippen LogP contribution in [0.5, 0.6) is 0 Å². The molecule has 4 aromatic rings. The van der Waals surface area contributed by atoms with Crippen LogP contribution in [-0.4, -0.2) is 30.3 Å². The van der Waals surface area contributed by atoms with Gasteiger partial charge >= 0.3 is 6.18 Å². The summed E-state index contributed by atoms with van der Waals surface area (Å²) in [6.07, 6.45) is -4.71. The van der Waals surface area contributed by atoms with Crippen molar-refractivity contribution in [3.63, 3.8) is 0 Å². The molecule has 172 valence electrons. The number of hydrogen-bond acceptors (Lipinski definition) is 4. The first-order valence-corrected chi connectivity index (χ1v) is 10.5. The van der Waals surface area contributed by atoms with Crippen LogP contribution in [0.2, 0.25) is 15.1 Å². The van der Waals surface area contributed by atoms with Gasteiger partial charge in [-0.15, -0.1) is 0 Å². The van der Waals surface area contributed by atoms with Crippen molar-refractivity contribution in [1.29, 1.82) is 0 Å². The lowest BCUT2D eigenvalue weighted by molar-refractivity contribution is -0.142. The van der Waals surface area contributed by atoms with E-state index in [9.17, 15) is 18.0 Å². The second-order valence-electron chi connectivity index (χ2n) is 7.20. The Kier molecular flexibility index (Phi) is 6.02. The fraction of sp³-hybridized carbons (Fsp3) is 0.200. The predicted octanol–water partition coefficient (Wildman–Crippen LogP) is 5.82. The van der Waals surface area contributed by atoms with Gasteiger partial charge in [0.05, 0.1) is 6.54 Å². The highest BCUT2D eigenvalue weighted by Gasteiger charge is 2.36. The minimum Gasteiger partial charge on any atom is -0.304 e. The molecule has 4 rings (SSSR count). The van der Waals surface area contributed by atoms with E-state index in [-0.39, 0.29) is 22.2 Å². The van der Waals surface area contributed by atoms with Gasteiger partial charge in [-0.1, -0.05) is 40.9 Å². The molecule has 0 spiro atoms. The molecular weight excluding hydrogens is 504 g/mol. The Morgan fingerprint density at radius 2 is 1.82 bits per heavy atom. The maximum absolute atomic E-state index is 13.4. The molecule has 0 aliphatic carbocycles. The average Bonchev–Trinajstić information content (AvgIpc) is 3.22. The second-order valence-corrected chi connectivity index (χ2v) is 8.42. The molecule has 3 aromatic heterocycles. The van der Waals surface area contributed by atoms with Crippen LogP contribution in [0.15, 0.2) is 30.3 Å². The van der Waals surface area contributed by atoms with Crippen LogP contribution in [0.3, 0.4) is 0 Å². The number of benzene rings is 1. The van der Waals surface area contributed by atoms with Crippen molar-refractivity contribution in [2.75, 3.05) is 5.32 Å². The number of nitrogens with zero attached hydrogens (tertiary/aromatic N) is 5. The van der Waals surface area contributed by atoms with Gasteiger partial charge in [0.2, 0.25) is 0 Å². The molecule has 0 saturated heterocycles. The summed E-state index contributed by atoms with van der Waals surface area (Å²) < 4.78 is 42.3. The summed E-state index contributed by atoms with van der Waals surface area (Å²) in [4.78, 5) is 16.7. The molecule has 0 aliphatic heterocycles. The minimum absolute atomic E-state index is 0.0822. The molecule has 0 unspecified atom stereocenters. The smallest absolute Gasteiger partial charge is 0.304 e. The van der Waals surface area contributed by atoms with Crippen molar-refractivity contribution < 1.29 is 18.0 Å². The van der Waals surface area contributed by atoms with Gasteiger partial charge in [-0.05, 0) is 37.6 Å². The van der Waals surface area contributed by atoms with Crippen LogP contribution < -0.4 is 5.32 Å². The van der Waals surface area contributed by atoms with E-state index in [1.165, 1.54) is 6.92 Å². The van der Waals surface area contributed by atoms with Crippen LogP contribution >= 0.6 is 34.8 Å². The maximum atomic E-state index is 13.4. The highest BCUT2D eigenvalue weighted by molar-refractivity contribution is 6.37. The number of nitrogens with one attached hydrogen (secondary N) is 1. The van der Waals surface area contributed by atoms with Crippen molar-refractivity contribution in [1.82, 2.24) is 24.4 Å². The average molecular weight is 518 g/mol.